The Labute approximate surface area is 138 Å². The SMILES string of the molecule is CCC(=O)Oc1ccccc1COc1ccc(CC)cc1CC. The molecule has 0 saturated carbocycles. The van der Waals surface area contributed by atoms with E-state index in [4.69, 9.17) is 9.47 Å². The number of rotatable bonds is 7. The number of carbonyl (C=O) groups is 1. The average Bonchev–Trinajstić information content (AvgIpc) is 2.60. The van der Waals surface area contributed by atoms with Crippen molar-refractivity contribution in [2.24, 2.45) is 0 Å². The Morgan fingerprint density at radius 1 is 0.913 bits per heavy atom. The van der Waals surface area contributed by atoms with Gasteiger partial charge in [-0.25, -0.2) is 0 Å². The van der Waals surface area contributed by atoms with Crippen molar-refractivity contribution in [2.75, 3.05) is 0 Å². The van der Waals surface area contributed by atoms with Crippen LogP contribution in [0.5, 0.6) is 11.5 Å². The molecule has 0 aromatic heterocycles. The third-order valence-corrected chi connectivity index (χ3v) is 3.78. The van der Waals surface area contributed by atoms with Gasteiger partial charge in [0.1, 0.15) is 18.1 Å². The van der Waals surface area contributed by atoms with E-state index < -0.39 is 0 Å². The summed E-state index contributed by atoms with van der Waals surface area (Å²) in [5.41, 5.74) is 3.38. The molecule has 0 fully saturated rings. The number of carbonyl (C=O) groups excluding carboxylic acids is 1. The zero-order valence-electron chi connectivity index (χ0n) is 14.1. The molecule has 0 unspecified atom stereocenters. The lowest BCUT2D eigenvalue weighted by Gasteiger charge is -2.14. The van der Waals surface area contributed by atoms with Crippen LogP contribution in [0.1, 0.15) is 43.9 Å². The van der Waals surface area contributed by atoms with Crippen molar-refractivity contribution in [2.45, 2.75) is 46.6 Å². The van der Waals surface area contributed by atoms with Gasteiger partial charge in [0.05, 0.1) is 0 Å². The molecule has 2 rings (SSSR count). The van der Waals surface area contributed by atoms with Gasteiger partial charge in [0.15, 0.2) is 0 Å². The highest BCUT2D eigenvalue weighted by atomic mass is 16.5. The van der Waals surface area contributed by atoms with E-state index in [1.165, 1.54) is 11.1 Å². The van der Waals surface area contributed by atoms with Crippen molar-refractivity contribution in [1.29, 1.82) is 0 Å². The Hall–Kier alpha value is -2.29. The first-order chi connectivity index (χ1) is 11.2. The molecule has 0 amide bonds. The van der Waals surface area contributed by atoms with Gasteiger partial charge in [-0.3, -0.25) is 4.79 Å². The third kappa shape index (κ3) is 4.59. The zero-order chi connectivity index (χ0) is 16.7. The van der Waals surface area contributed by atoms with Gasteiger partial charge in [-0.2, -0.15) is 0 Å². The Balaban J connectivity index is 2.13. The van der Waals surface area contributed by atoms with E-state index in [0.29, 0.717) is 18.8 Å². The van der Waals surface area contributed by atoms with Gasteiger partial charge in [-0.05, 0) is 36.1 Å². The fraction of sp³-hybridized carbons (Fsp3) is 0.350. The molecule has 0 N–H and O–H groups in total. The van der Waals surface area contributed by atoms with Crippen LogP contribution in [0.4, 0.5) is 0 Å². The molecule has 23 heavy (non-hydrogen) atoms. The smallest absolute Gasteiger partial charge is 0.310 e. The van der Waals surface area contributed by atoms with E-state index in [9.17, 15) is 4.79 Å². The molecule has 0 bridgehead atoms. The van der Waals surface area contributed by atoms with Gasteiger partial charge >= 0.3 is 5.97 Å². The topological polar surface area (TPSA) is 35.5 Å². The van der Waals surface area contributed by atoms with E-state index in [1.807, 2.05) is 24.3 Å². The number of para-hydroxylation sites is 1. The van der Waals surface area contributed by atoms with Gasteiger partial charge < -0.3 is 9.47 Å². The summed E-state index contributed by atoms with van der Waals surface area (Å²) >= 11 is 0. The monoisotopic (exact) mass is 312 g/mol. The van der Waals surface area contributed by atoms with Crippen LogP contribution in [-0.4, -0.2) is 5.97 Å². The van der Waals surface area contributed by atoms with Crippen molar-refractivity contribution >= 4 is 5.97 Å². The predicted octanol–water partition coefficient (Wildman–Crippen LogP) is 4.71. The Bertz CT molecular complexity index is 662. The van der Waals surface area contributed by atoms with Crippen molar-refractivity contribution in [1.82, 2.24) is 0 Å². The summed E-state index contributed by atoms with van der Waals surface area (Å²) in [4.78, 5) is 11.5. The summed E-state index contributed by atoms with van der Waals surface area (Å²) in [5.74, 6) is 1.22. The van der Waals surface area contributed by atoms with Crippen molar-refractivity contribution in [3.8, 4) is 11.5 Å². The van der Waals surface area contributed by atoms with Gasteiger partial charge in [0.25, 0.3) is 0 Å². The maximum absolute atomic E-state index is 11.5. The third-order valence-electron chi connectivity index (χ3n) is 3.78. The molecule has 3 heteroatoms. The summed E-state index contributed by atoms with van der Waals surface area (Å²) in [6.07, 6.45) is 2.30. The van der Waals surface area contributed by atoms with E-state index in [1.54, 1.807) is 13.0 Å². The van der Waals surface area contributed by atoms with E-state index in [2.05, 4.69) is 26.0 Å². The van der Waals surface area contributed by atoms with E-state index >= 15 is 0 Å². The molecular formula is C20H24O3. The summed E-state index contributed by atoms with van der Waals surface area (Å²) < 4.78 is 11.3. The lowest BCUT2D eigenvalue weighted by Crippen LogP contribution is -2.08. The zero-order valence-corrected chi connectivity index (χ0v) is 14.1. The number of benzene rings is 2. The highest BCUT2D eigenvalue weighted by molar-refractivity contribution is 5.72. The minimum Gasteiger partial charge on any atom is -0.488 e. The van der Waals surface area contributed by atoms with Crippen LogP contribution in [0.25, 0.3) is 0 Å². The molecule has 0 aliphatic heterocycles. The Morgan fingerprint density at radius 3 is 2.39 bits per heavy atom. The summed E-state index contributed by atoms with van der Waals surface area (Å²) in [6, 6.07) is 13.8. The van der Waals surface area contributed by atoms with Gasteiger partial charge in [0.2, 0.25) is 0 Å². The lowest BCUT2D eigenvalue weighted by atomic mass is 10.1. The molecule has 0 aliphatic rings. The summed E-state index contributed by atoms with van der Waals surface area (Å²) in [5, 5.41) is 0. The molecule has 0 radical (unpaired) electrons. The van der Waals surface area contributed by atoms with Crippen molar-refractivity contribution in [3.63, 3.8) is 0 Å². The fourth-order valence-electron chi connectivity index (χ4n) is 2.34. The number of hydrogen-bond donors (Lipinski definition) is 0. The highest BCUT2D eigenvalue weighted by Gasteiger charge is 2.09. The Morgan fingerprint density at radius 2 is 1.70 bits per heavy atom. The molecule has 2 aromatic rings. The number of esters is 1. The molecule has 0 aliphatic carbocycles. The maximum Gasteiger partial charge on any atom is 0.310 e. The minimum absolute atomic E-state index is 0.237. The van der Waals surface area contributed by atoms with Gasteiger partial charge in [-0.1, -0.05) is 51.1 Å². The number of hydrogen-bond acceptors (Lipinski definition) is 3. The minimum atomic E-state index is -0.237. The average molecular weight is 312 g/mol. The van der Waals surface area contributed by atoms with Crippen LogP contribution in [0.15, 0.2) is 42.5 Å². The molecule has 0 saturated heterocycles. The fourth-order valence-corrected chi connectivity index (χ4v) is 2.34. The van der Waals surface area contributed by atoms with Crippen LogP contribution in [0.3, 0.4) is 0 Å². The van der Waals surface area contributed by atoms with Crippen LogP contribution in [0, 0.1) is 0 Å². The molecular weight excluding hydrogens is 288 g/mol. The second-order valence-electron chi connectivity index (χ2n) is 5.37. The van der Waals surface area contributed by atoms with Crippen LogP contribution in [-0.2, 0) is 24.2 Å². The molecule has 2 aromatic carbocycles. The normalized spacial score (nSPS) is 10.4. The first kappa shape index (κ1) is 17.1. The standard InChI is InChI=1S/C20H24O3/c1-4-15-11-12-18(16(5-2)13-15)22-14-17-9-7-8-10-19(17)23-20(21)6-3/h7-13H,4-6,14H2,1-3H3. The van der Waals surface area contributed by atoms with Crippen LogP contribution in [0.2, 0.25) is 0 Å². The number of aryl methyl sites for hydroxylation is 2. The van der Waals surface area contributed by atoms with Crippen LogP contribution >= 0.6 is 0 Å². The molecule has 0 atom stereocenters. The summed E-state index contributed by atoms with van der Waals surface area (Å²) in [6.45, 7) is 6.43. The molecule has 122 valence electrons. The largest absolute Gasteiger partial charge is 0.488 e. The molecule has 3 nitrogen and oxygen atoms in total. The van der Waals surface area contributed by atoms with Crippen molar-refractivity contribution in [3.05, 3.63) is 59.2 Å². The van der Waals surface area contributed by atoms with E-state index in [-0.39, 0.29) is 5.97 Å². The quantitative estimate of drug-likeness (QED) is 0.549. The first-order valence-electron chi connectivity index (χ1n) is 8.21. The second-order valence-corrected chi connectivity index (χ2v) is 5.37. The summed E-state index contributed by atoms with van der Waals surface area (Å²) in [7, 11) is 0. The second kappa shape index (κ2) is 8.37. The maximum atomic E-state index is 11.5. The van der Waals surface area contributed by atoms with Gasteiger partial charge in [0, 0.05) is 12.0 Å². The van der Waals surface area contributed by atoms with Crippen molar-refractivity contribution < 1.29 is 14.3 Å². The van der Waals surface area contributed by atoms with Crippen LogP contribution < -0.4 is 9.47 Å². The number of ether oxygens (including phenoxy) is 2. The molecule has 0 heterocycles. The van der Waals surface area contributed by atoms with Gasteiger partial charge in [-0.15, -0.1) is 0 Å². The predicted molar refractivity (Wildman–Crippen MR) is 91.9 cm³/mol. The lowest BCUT2D eigenvalue weighted by molar-refractivity contribution is -0.134. The highest BCUT2D eigenvalue weighted by Crippen LogP contribution is 2.25. The first-order valence-corrected chi connectivity index (χ1v) is 8.21. The van der Waals surface area contributed by atoms with E-state index in [0.717, 1.165) is 24.2 Å². The Kier molecular flexibility index (Phi) is 6.21. The molecule has 0 spiro atoms.